The van der Waals surface area contributed by atoms with E-state index in [-0.39, 0.29) is 23.8 Å². The summed E-state index contributed by atoms with van der Waals surface area (Å²) >= 11 is 5.61. The number of nitrogens with one attached hydrogen (secondary N) is 1. The van der Waals surface area contributed by atoms with Gasteiger partial charge in [0.25, 0.3) is 0 Å². The van der Waals surface area contributed by atoms with Crippen LogP contribution in [-0.4, -0.2) is 18.9 Å². The third-order valence-corrected chi connectivity index (χ3v) is 2.29. The average molecular weight is 242 g/mol. The Balaban J connectivity index is 2.49. The van der Waals surface area contributed by atoms with Crippen molar-refractivity contribution in [1.82, 2.24) is 5.32 Å². The summed E-state index contributed by atoms with van der Waals surface area (Å²) in [6.07, 6.45) is 1.94. The number of Topliss-reactive ketones (excluding diaryl/α,β-unsaturated/α-hetero) is 1. The molecule has 1 aromatic rings. The first-order valence-corrected chi connectivity index (χ1v) is 5.28. The van der Waals surface area contributed by atoms with Gasteiger partial charge >= 0.3 is 0 Å². The molecular formula is C12H13ClFNO. The number of halogens is 2. The molecule has 0 aliphatic heterocycles. The lowest BCUT2D eigenvalue weighted by molar-refractivity contribution is -0.117. The largest absolute Gasteiger partial charge is 0.307 e. The number of hydrogen-bond acceptors (Lipinski definition) is 2. The Morgan fingerprint density at radius 2 is 2.31 bits per heavy atom. The molecule has 2 nitrogen and oxygen atoms in total. The fourth-order valence-electron chi connectivity index (χ4n) is 1.25. The van der Waals surface area contributed by atoms with E-state index >= 15 is 0 Å². The van der Waals surface area contributed by atoms with Gasteiger partial charge in [-0.05, 0) is 17.7 Å². The smallest absolute Gasteiger partial charge is 0.150 e. The molecular weight excluding hydrogens is 229 g/mol. The second-order valence-electron chi connectivity index (χ2n) is 3.38. The Morgan fingerprint density at radius 3 is 2.94 bits per heavy atom. The second kappa shape index (κ2) is 6.40. The molecule has 0 aliphatic rings. The SMILES string of the molecule is C=CCNCC(=O)Cc1ccc(F)c(Cl)c1. The summed E-state index contributed by atoms with van der Waals surface area (Å²) in [5.41, 5.74) is 0.719. The van der Waals surface area contributed by atoms with Crippen LogP contribution in [0.15, 0.2) is 30.9 Å². The van der Waals surface area contributed by atoms with Crippen LogP contribution in [0, 0.1) is 5.82 Å². The third-order valence-electron chi connectivity index (χ3n) is 2.00. The predicted octanol–water partition coefficient (Wildman–Crippen LogP) is 2.37. The standard InChI is InChI=1S/C12H13ClFNO/c1-2-5-15-8-10(16)6-9-3-4-12(14)11(13)7-9/h2-4,7,15H,1,5-6,8H2. The van der Waals surface area contributed by atoms with Crippen molar-refractivity contribution in [3.63, 3.8) is 0 Å². The summed E-state index contributed by atoms with van der Waals surface area (Å²) in [5.74, 6) is -0.438. The monoisotopic (exact) mass is 241 g/mol. The Labute approximate surface area is 99.1 Å². The van der Waals surface area contributed by atoms with Crippen molar-refractivity contribution in [2.24, 2.45) is 0 Å². The molecule has 0 bridgehead atoms. The van der Waals surface area contributed by atoms with Gasteiger partial charge in [0.1, 0.15) is 5.82 Å². The van der Waals surface area contributed by atoms with Gasteiger partial charge in [-0.1, -0.05) is 23.7 Å². The maximum absolute atomic E-state index is 12.8. The average Bonchev–Trinajstić information content (AvgIpc) is 2.24. The third kappa shape index (κ3) is 4.13. The topological polar surface area (TPSA) is 29.1 Å². The fraction of sp³-hybridized carbons (Fsp3) is 0.250. The Bertz CT molecular complexity index is 393. The maximum Gasteiger partial charge on any atom is 0.150 e. The van der Waals surface area contributed by atoms with Crippen molar-refractivity contribution in [3.05, 3.63) is 47.3 Å². The predicted molar refractivity (Wildman–Crippen MR) is 63.2 cm³/mol. The van der Waals surface area contributed by atoms with Crippen molar-refractivity contribution < 1.29 is 9.18 Å². The van der Waals surface area contributed by atoms with E-state index in [2.05, 4.69) is 11.9 Å². The zero-order chi connectivity index (χ0) is 12.0. The lowest BCUT2D eigenvalue weighted by Gasteiger charge is -2.03. The van der Waals surface area contributed by atoms with Gasteiger partial charge in [-0.3, -0.25) is 4.79 Å². The van der Waals surface area contributed by atoms with Gasteiger partial charge in [0.05, 0.1) is 11.6 Å². The highest BCUT2D eigenvalue weighted by molar-refractivity contribution is 6.30. The zero-order valence-corrected chi connectivity index (χ0v) is 9.56. The fourth-order valence-corrected chi connectivity index (χ4v) is 1.46. The summed E-state index contributed by atoms with van der Waals surface area (Å²) in [6, 6.07) is 4.30. The maximum atomic E-state index is 12.8. The molecule has 1 N–H and O–H groups in total. The first-order valence-electron chi connectivity index (χ1n) is 4.90. The van der Waals surface area contributed by atoms with Gasteiger partial charge in [-0.25, -0.2) is 4.39 Å². The summed E-state index contributed by atoms with van der Waals surface area (Å²) in [5, 5.41) is 2.95. The van der Waals surface area contributed by atoms with E-state index in [1.807, 2.05) is 0 Å². The van der Waals surface area contributed by atoms with E-state index in [1.165, 1.54) is 12.1 Å². The molecule has 4 heteroatoms. The van der Waals surface area contributed by atoms with Gasteiger partial charge < -0.3 is 5.32 Å². The van der Waals surface area contributed by atoms with Crippen LogP contribution in [0.2, 0.25) is 5.02 Å². The number of benzene rings is 1. The highest BCUT2D eigenvalue weighted by atomic mass is 35.5. The minimum Gasteiger partial charge on any atom is -0.307 e. The first kappa shape index (κ1) is 12.9. The molecule has 0 spiro atoms. The van der Waals surface area contributed by atoms with Crippen LogP contribution in [0.25, 0.3) is 0 Å². The molecule has 0 saturated heterocycles. The Morgan fingerprint density at radius 1 is 1.56 bits per heavy atom. The molecule has 16 heavy (non-hydrogen) atoms. The summed E-state index contributed by atoms with van der Waals surface area (Å²) in [7, 11) is 0. The lowest BCUT2D eigenvalue weighted by Crippen LogP contribution is -2.24. The van der Waals surface area contributed by atoms with Gasteiger partial charge in [0.15, 0.2) is 5.78 Å². The molecule has 86 valence electrons. The molecule has 0 atom stereocenters. The van der Waals surface area contributed by atoms with E-state index in [0.717, 1.165) is 5.56 Å². The highest BCUT2D eigenvalue weighted by Crippen LogP contribution is 2.16. The van der Waals surface area contributed by atoms with E-state index in [1.54, 1.807) is 12.1 Å². The minimum absolute atomic E-state index is 0.0320. The van der Waals surface area contributed by atoms with Crippen LogP contribution in [0.4, 0.5) is 4.39 Å². The number of carbonyl (C=O) groups excluding carboxylic acids is 1. The van der Waals surface area contributed by atoms with Crippen LogP contribution in [0.5, 0.6) is 0 Å². The van der Waals surface area contributed by atoms with Gasteiger partial charge in [-0.2, -0.15) is 0 Å². The summed E-state index contributed by atoms with van der Waals surface area (Å²) in [4.78, 5) is 11.4. The molecule has 0 amide bonds. The normalized spacial score (nSPS) is 10.1. The number of ketones is 1. The van der Waals surface area contributed by atoms with E-state index in [9.17, 15) is 9.18 Å². The second-order valence-corrected chi connectivity index (χ2v) is 3.79. The van der Waals surface area contributed by atoms with Crippen LogP contribution >= 0.6 is 11.6 Å². The summed E-state index contributed by atoms with van der Waals surface area (Å²) < 4.78 is 12.8. The first-order chi connectivity index (χ1) is 7.63. The summed E-state index contributed by atoms with van der Waals surface area (Å²) in [6.45, 7) is 4.40. The van der Waals surface area contributed by atoms with E-state index in [0.29, 0.717) is 6.54 Å². The van der Waals surface area contributed by atoms with Crippen LogP contribution in [-0.2, 0) is 11.2 Å². The van der Waals surface area contributed by atoms with Crippen LogP contribution < -0.4 is 5.32 Å². The molecule has 1 rings (SSSR count). The van der Waals surface area contributed by atoms with Gasteiger partial charge in [0, 0.05) is 13.0 Å². The molecule has 0 aromatic heterocycles. The quantitative estimate of drug-likeness (QED) is 0.612. The highest BCUT2D eigenvalue weighted by Gasteiger charge is 2.05. The molecule has 0 radical (unpaired) electrons. The van der Waals surface area contributed by atoms with Crippen LogP contribution in [0.3, 0.4) is 0 Å². The van der Waals surface area contributed by atoms with Gasteiger partial charge in [0.2, 0.25) is 0 Å². The lowest BCUT2D eigenvalue weighted by atomic mass is 10.1. The Hall–Kier alpha value is -1.19. The van der Waals surface area contributed by atoms with Crippen LogP contribution in [0.1, 0.15) is 5.56 Å². The molecule has 0 aliphatic carbocycles. The number of carbonyl (C=O) groups is 1. The molecule has 0 saturated carbocycles. The number of hydrogen-bond donors (Lipinski definition) is 1. The van der Waals surface area contributed by atoms with Crippen molar-refractivity contribution in [2.75, 3.05) is 13.1 Å². The van der Waals surface area contributed by atoms with Crippen molar-refractivity contribution in [2.45, 2.75) is 6.42 Å². The molecule has 1 aromatic carbocycles. The molecule has 0 heterocycles. The number of rotatable bonds is 6. The van der Waals surface area contributed by atoms with E-state index in [4.69, 9.17) is 11.6 Å². The zero-order valence-electron chi connectivity index (χ0n) is 8.80. The Kier molecular flexibility index (Phi) is 5.15. The van der Waals surface area contributed by atoms with Crippen molar-refractivity contribution in [3.8, 4) is 0 Å². The van der Waals surface area contributed by atoms with Gasteiger partial charge in [-0.15, -0.1) is 6.58 Å². The van der Waals surface area contributed by atoms with Crippen molar-refractivity contribution >= 4 is 17.4 Å². The molecule has 0 fully saturated rings. The van der Waals surface area contributed by atoms with E-state index < -0.39 is 5.82 Å². The minimum atomic E-state index is -0.470. The molecule has 0 unspecified atom stereocenters. The van der Waals surface area contributed by atoms with Crippen molar-refractivity contribution in [1.29, 1.82) is 0 Å².